The van der Waals surface area contributed by atoms with Crippen molar-refractivity contribution in [2.45, 2.75) is 81.1 Å². The SMILES string of the molecule is CCC(C)Cc1cccc(NCC(C)(C)C)n1.CCCC.CCSCCN. The van der Waals surface area contributed by atoms with Crippen molar-refractivity contribution in [3.8, 4) is 0 Å². The number of hydrogen-bond acceptors (Lipinski definition) is 4. The molecule has 4 heteroatoms. The van der Waals surface area contributed by atoms with E-state index in [1.165, 1.54) is 30.7 Å². The van der Waals surface area contributed by atoms with E-state index in [2.05, 4.69) is 77.8 Å². The van der Waals surface area contributed by atoms with Crippen molar-refractivity contribution in [2.75, 3.05) is 29.9 Å². The van der Waals surface area contributed by atoms with E-state index in [1.807, 2.05) is 17.8 Å². The molecule has 1 rings (SSSR count). The first kappa shape index (κ1) is 28.5. The molecule has 0 radical (unpaired) electrons. The fourth-order valence-electron chi connectivity index (χ4n) is 1.78. The summed E-state index contributed by atoms with van der Waals surface area (Å²) >= 11 is 1.88. The minimum absolute atomic E-state index is 0.286. The van der Waals surface area contributed by atoms with Crippen LogP contribution in [-0.4, -0.2) is 29.6 Å². The minimum atomic E-state index is 0.286. The number of rotatable bonds is 9. The van der Waals surface area contributed by atoms with Crippen molar-refractivity contribution in [3.05, 3.63) is 23.9 Å². The molecule has 3 N–H and O–H groups in total. The highest BCUT2D eigenvalue weighted by atomic mass is 32.2. The molecule has 0 aliphatic rings. The Bertz CT molecular complexity index is 424. The first-order valence-corrected chi connectivity index (χ1v) is 11.9. The van der Waals surface area contributed by atoms with Crippen molar-refractivity contribution in [3.63, 3.8) is 0 Å². The Morgan fingerprint density at radius 2 is 1.74 bits per heavy atom. The topological polar surface area (TPSA) is 50.9 Å². The molecular weight excluding hydrogens is 350 g/mol. The molecule has 0 bridgehead atoms. The first-order chi connectivity index (χ1) is 12.7. The third-order valence-corrected chi connectivity index (χ3v) is 4.76. The molecule has 160 valence electrons. The van der Waals surface area contributed by atoms with Crippen molar-refractivity contribution in [2.24, 2.45) is 17.1 Å². The summed E-state index contributed by atoms with van der Waals surface area (Å²) in [5, 5.41) is 3.41. The van der Waals surface area contributed by atoms with Gasteiger partial charge in [-0.2, -0.15) is 11.8 Å². The van der Waals surface area contributed by atoms with Gasteiger partial charge >= 0.3 is 0 Å². The molecule has 0 aromatic carbocycles. The Balaban J connectivity index is 0. The molecule has 1 heterocycles. The summed E-state index contributed by atoms with van der Waals surface area (Å²) < 4.78 is 0. The monoisotopic (exact) mass is 397 g/mol. The van der Waals surface area contributed by atoms with Crippen LogP contribution in [-0.2, 0) is 6.42 Å². The predicted octanol–water partition coefficient (Wildman–Crippen LogP) is 6.63. The zero-order chi connectivity index (χ0) is 21.1. The second-order valence-electron chi connectivity index (χ2n) is 8.13. The maximum atomic E-state index is 5.19. The van der Waals surface area contributed by atoms with Gasteiger partial charge in [0.05, 0.1) is 0 Å². The molecule has 0 aliphatic carbocycles. The van der Waals surface area contributed by atoms with Gasteiger partial charge in [0, 0.05) is 24.5 Å². The third-order valence-electron chi connectivity index (χ3n) is 3.83. The van der Waals surface area contributed by atoms with Crippen LogP contribution in [0.5, 0.6) is 0 Å². The number of pyridine rings is 1. The number of hydrogen-bond donors (Lipinski definition) is 2. The summed E-state index contributed by atoms with van der Waals surface area (Å²) in [5.74, 6) is 4.01. The molecule has 0 amide bonds. The molecule has 1 unspecified atom stereocenters. The highest BCUT2D eigenvalue weighted by Gasteiger charge is 2.10. The van der Waals surface area contributed by atoms with Crippen LogP contribution >= 0.6 is 11.8 Å². The van der Waals surface area contributed by atoms with Crippen LogP contribution in [0.4, 0.5) is 5.82 Å². The van der Waals surface area contributed by atoms with Crippen LogP contribution in [0.15, 0.2) is 18.2 Å². The molecule has 1 aromatic heterocycles. The maximum Gasteiger partial charge on any atom is 0.126 e. The second-order valence-corrected chi connectivity index (χ2v) is 9.53. The summed E-state index contributed by atoms with van der Waals surface area (Å²) in [4.78, 5) is 4.65. The Morgan fingerprint density at radius 3 is 2.15 bits per heavy atom. The molecule has 3 nitrogen and oxygen atoms in total. The predicted molar refractivity (Wildman–Crippen MR) is 128 cm³/mol. The van der Waals surface area contributed by atoms with E-state index in [4.69, 9.17) is 5.73 Å². The quantitative estimate of drug-likeness (QED) is 0.459. The van der Waals surface area contributed by atoms with Crippen LogP contribution in [0.25, 0.3) is 0 Å². The van der Waals surface area contributed by atoms with Gasteiger partial charge in [-0.05, 0) is 35.6 Å². The molecule has 0 saturated heterocycles. The highest BCUT2D eigenvalue weighted by Crippen LogP contribution is 2.16. The van der Waals surface area contributed by atoms with Gasteiger partial charge in [0.15, 0.2) is 0 Å². The lowest BCUT2D eigenvalue weighted by molar-refractivity contribution is 0.442. The second kappa shape index (κ2) is 18.6. The Hall–Kier alpha value is -0.740. The fraction of sp³-hybridized carbons (Fsp3) is 0.783. The minimum Gasteiger partial charge on any atom is -0.370 e. The summed E-state index contributed by atoms with van der Waals surface area (Å²) in [6.45, 7) is 19.4. The van der Waals surface area contributed by atoms with E-state index >= 15 is 0 Å². The molecule has 27 heavy (non-hydrogen) atoms. The summed E-state index contributed by atoms with van der Waals surface area (Å²) in [7, 11) is 0. The Morgan fingerprint density at radius 1 is 1.11 bits per heavy atom. The smallest absolute Gasteiger partial charge is 0.126 e. The van der Waals surface area contributed by atoms with E-state index < -0.39 is 0 Å². The van der Waals surface area contributed by atoms with Gasteiger partial charge in [-0.25, -0.2) is 4.98 Å². The highest BCUT2D eigenvalue weighted by molar-refractivity contribution is 7.99. The van der Waals surface area contributed by atoms with E-state index in [9.17, 15) is 0 Å². The lowest BCUT2D eigenvalue weighted by Gasteiger charge is -2.19. The largest absolute Gasteiger partial charge is 0.370 e. The van der Waals surface area contributed by atoms with Crippen LogP contribution < -0.4 is 11.1 Å². The van der Waals surface area contributed by atoms with Crippen LogP contribution in [0, 0.1) is 11.3 Å². The standard InChI is InChI=1S/C15H26N2.C4H11NS.C4H10/c1-6-12(2)10-13-8-7-9-14(17-13)16-11-15(3,4)5;1-2-6-4-3-5;1-3-4-2/h7-9,12H,6,10-11H2,1-5H3,(H,16,17);2-5H2,1H3;3-4H2,1-2H3. The molecule has 0 saturated carbocycles. The average Bonchev–Trinajstić information content (AvgIpc) is 2.65. The van der Waals surface area contributed by atoms with Crippen LogP contribution in [0.1, 0.15) is 80.3 Å². The summed E-state index contributed by atoms with van der Waals surface area (Å²) in [5.41, 5.74) is 6.67. The number of aromatic nitrogens is 1. The van der Waals surface area contributed by atoms with Crippen LogP contribution in [0.3, 0.4) is 0 Å². The molecule has 1 aromatic rings. The normalized spacial score (nSPS) is 11.6. The van der Waals surface area contributed by atoms with E-state index in [-0.39, 0.29) is 5.41 Å². The van der Waals surface area contributed by atoms with Crippen molar-refractivity contribution in [1.82, 2.24) is 4.98 Å². The van der Waals surface area contributed by atoms with Gasteiger partial charge in [0.1, 0.15) is 5.82 Å². The first-order valence-electron chi connectivity index (χ1n) is 10.7. The number of nitrogens with one attached hydrogen (secondary N) is 1. The Labute approximate surface area is 174 Å². The molecule has 0 spiro atoms. The maximum absolute atomic E-state index is 5.19. The van der Waals surface area contributed by atoms with E-state index in [0.29, 0.717) is 5.92 Å². The number of nitrogens with zero attached hydrogens (tertiary/aromatic N) is 1. The number of nitrogens with two attached hydrogens (primary N) is 1. The molecule has 0 fully saturated rings. The van der Waals surface area contributed by atoms with Gasteiger partial charge < -0.3 is 11.1 Å². The summed E-state index contributed by atoms with van der Waals surface area (Å²) in [6, 6.07) is 6.26. The number of thioether (sulfide) groups is 1. The fourth-order valence-corrected chi connectivity index (χ4v) is 2.23. The lowest BCUT2D eigenvalue weighted by atomic mass is 9.97. The van der Waals surface area contributed by atoms with Crippen LogP contribution in [0.2, 0.25) is 0 Å². The number of anilines is 1. The third kappa shape index (κ3) is 21.4. The molecule has 1 atom stereocenters. The average molecular weight is 398 g/mol. The van der Waals surface area contributed by atoms with Gasteiger partial charge in [-0.1, -0.05) is 80.7 Å². The van der Waals surface area contributed by atoms with Crippen molar-refractivity contribution < 1.29 is 0 Å². The lowest BCUT2D eigenvalue weighted by Crippen LogP contribution is -2.19. The van der Waals surface area contributed by atoms with Crippen molar-refractivity contribution >= 4 is 17.6 Å². The van der Waals surface area contributed by atoms with E-state index in [1.54, 1.807) is 0 Å². The van der Waals surface area contributed by atoms with Gasteiger partial charge in [0.25, 0.3) is 0 Å². The molecular formula is C23H47N3S. The van der Waals surface area contributed by atoms with E-state index in [0.717, 1.165) is 31.1 Å². The zero-order valence-electron chi connectivity index (χ0n) is 19.4. The van der Waals surface area contributed by atoms with Crippen molar-refractivity contribution in [1.29, 1.82) is 0 Å². The summed E-state index contributed by atoms with van der Waals surface area (Å²) in [6.07, 6.45) is 4.92. The molecule has 0 aliphatic heterocycles. The van der Waals surface area contributed by atoms with Gasteiger partial charge in [0.2, 0.25) is 0 Å². The Kier molecular flexibility index (Phi) is 19.6. The van der Waals surface area contributed by atoms with Gasteiger partial charge in [-0.3, -0.25) is 0 Å². The van der Waals surface area contributed by atoms with Gasteiger partial charge in [-0.15, -0.1) is 0 Å². The zero-order valence-corrected chi connectivity index (χ0v) is 20.2. The number of unbranched alkanes of at least 4 members (excludes halogenated alkanes) is 1.